The van der Waals surface area contributed by atoms with Crippen molar-refractivity contribution in [3.8, 4) is 0 Å². The van der Waals surface area contributed by atoms with E-state index < -0.39 is 0 Å². The Bertz CT molecular complexity index is 465. The number of nitrogens with one attached hydrogen (secondary N) is 1. The topological polar surface area (TPSA) is 32.3 Å². The van der Waals surface area contributed by atoms with E-state index >= 15 is 0 Å². The zero-order valence-corrected chi connectivity index (χ0v) is 13.8. The van der Waals surface area contributed by atoms with Crippen molar-refractivity contribution in [2.75, 3.05) is 13.1 Å². The molecule has 1 heterocycles. The van der Waals surface area contributed by atoms with Crippen molar-refractivity contribution in [3.63, 3.8) is 0 Å². The van der Waals surface area contributed by atoms with E-state index in [0.29, 0.717) is 0 Å². The molecule has 1 aliphatic heterocycles. The number of hydrogen-bond donors (Lipinski definition) is 1. The maximum Gasteiger partial charge on any atom is 0.223 e. The maximum absolute atomic E-state index is 12.2. The highest BCUT2D eigenvalue weighted by Crippen LogP contribution is 2.20. The van der Waals surface area contributed by atoms with E-state index in [1.165, 1.54) is 11.1 Å². The molecule has 3 nitrogen and oxygen atoms in total. The Balaban J connectivity index is 1.80. The standard InChI is InChI=1S/C18H28N2O/c1-14-5-7-15(8-6-14)13-20-11-9-16(10-12-20)17(21)19-18(2,3)4/h5-8,16H,9-13H2,1-4H3,(H,19,21). The Labute approximate surface area is 128 Å². The maximum atomic E-state index is 12.2. The van der Waals surface area contributed by atoms with Gasteiger partial charge in [0.15, 0.2) is 0 Å². The first-order chi connectivity index (χ1) is 9.83. The highest BCUT2D eigenvalue weighted by Gasteiger charge is 2.27. The third-order valence-corrected chi connectivity index (χ3v) is 3.98. The van der Waals surface area contributed by atoms with Crippen molar-refractivity contribution in [1.29, 1.82) is 0 Å². The van der Waals surface area contributed by atoms with E-state index in [2.05, 4.69) is 41.4 Å². The Morgan fingerprint density at radius 1 is 1.19 bits per heavy atom. The number of carbonyl (C=O) groups excluding carboxylic acids is 1. The Morgan fingerprint density at radius 2 is 1.76 bits per heavy atom. The van der Waals surface area contributed by atoms with Crippen molar-refractivity contribution in [2.45, 2.75) is 52.6 Å². The van der Waals surface area contributed by atoms with Crippen LogP contribution in [0, 0.1) is 12.8 Å². The average Bonchev–Trinajstić information content (AvgIpc) is 2.40. The second-order valence-electron chi connectivity index (χ2n) is 7.28. The molecule has 21 heavy (non-hydrogen) atoms. The van der Waals surface area contributed by atoms with Crippen molar-refractivity contribution in [1.82, 2.24) is 10.2 Å². The molecule has 3 heteroatoms. The molecule has 0 atom stereocenters. The van der Waals surface area contributed by atoms with Crippen LogP contribution in [0.3, 0.4) is 0 Å². The van der Waals surface area contributed by atoms with Gasteiger partial charge in [0, 0.05) is 18.0 Å². The molecule has 1 fully saturated rings. The Morgan fingerprint density at radius 3 is 2.29 bits per heavy atom. The highest BCUT2D eigenvalue weighted by molar-refractivity contribution is 5.79. The van der Waals surface area contributed by atoms with Crippen LogP contribution >= 0.6 is 0 Å². The van der Waals surface area contributed by atoms with Crippen molar-refractivity contribution in [2.24, 2.45) is 5.92 Å². The molecule has 2 rings (SSSR count). The number of carbonyl (C=O) groups is 1. The summed E-state index contributed by atoms with van der Waals surface area (Å²) in [5, 5.41) is 3.10. The lowest BCUT2D eigenvalue weighted by Gasteiger charge is -2.33. The number of rotatable bonds is 3. The smallest absolute Gasteiger partial charge is 0.223 e. The minimum atomic E-state index is -0.129. The lowest BCUT2D eigenvalue weighted by Crippen LogP contribution is -2.46. The first kappa shape index (κ1) is 16.0. The van der Waals surface area contributed by atoms with E-state index in [0.717, 1.165) is 32.5 Å². The van der Waals surface area contributed by atoms with Crippen LogP contribution in [0.5, 0.6) is 0 Å². The normalized spacial score (nSPS) is 17.7. The molecule has 0 spiro atoms. The van der Waals surface area contributed by atoms with Crippen molar-refractivity contribution >= 4 is 5.91 Å². The molecule has 0 saturated carbocycles. The average molecular weight is 288 g/mol. The molecule has 1 saturated heterocycles. The lowest BCUT2D eigenvalue weighted by molar-refractivity contribution is -0.127. The molecule has 1 aromatic rings. The van der Waals surface area contributed by atoms with Gasteiger partial charge in [-0.25, -0.2) is 0 Å². The molecule has 1 aliphatic rings. The predicted molar refractivity (Wildman–Crippen MR) is 87.1 cm³/mol. The molecule has 0 aliphatic carbocycles. The second kappa shape index (κ2) is 6.61. The monoisotopic (exact) mass is 288 g/mol. The fourth-order valence-corrected chi connectivity index (χ4v) is 2.78. The van der Waals surface area contributed by atoms with Crippen LogP contribution in [-0.2, 0) is 11.3 Å². The van der Waals surface area contributed by atoms with Crippen molar-refractivity contribution < 1.29 is 4.79 Å². The van der Waals surface area contributed by atoms with E-state index in [-0.39, 0.29) is 17.4 Å². The van der Waals surface area contributed by atoms with Crippen LogP contribution in [0.2, 0.25) is 0 Å². The molecule has 1 amide bonds. The largest absolute Gasteiger partial charge is 0.351 e. The number of nitrogens with zero attached hydrogens (tertiary/aromatic N) is 1. The summed E-state index contributed by atoms with van der Waals surface area (Å²) >= 11 is 0. The molecular formula is C18H28N2O. The van der Waals surface area contributed by atoms with Crippen LogP contribution in [0.4, 0.5) is 0 Å². The predicted octanol–water partition coefficient (Wildman–Crippen LogP) is 3.12. The van der Waals surface area contributed by atoms with Gasteiger partial charge in [-0.3, -0.25) is 9.69 Å². The molecule has 0 radical (unpaired) electrons. The number of benzene rings is 1. The molecule has 1 N–H and O–H groups in total. The summed E-state index contributed by atoms with van der Waals surface area (Å²) in [6, 6.07) is 8.74. The van der Waals surface area contributed by atoms with Crippen LogP contribution < -0.4 is 5.32 Å². The second-order valence-corrected chi connectivity index (χ2v) is 7.28. The zero-order valence-electron chi connectivity index (χ0n) is 13.8. The zero-order chi connectivity index (χ0) is 15.5. The molecule has 0 bridgehead atoms. The van der Waals surface area contributed by atoms with Gasteiger partial charge in [0.05, 0.1) is 0 Å². The van der Waals surface area contributed by atoms with Gasteiger partial charge in [0.1, 0.15) is 0 Å². The SMILES string of the molecule is Cc1ccc(CN2CCC(C(=O)NC(C)(C)C)CC2)cc1. The fourth-order valence-electron chi connectivity index (χ4n) is 2.78. The van der Waals surface area contributed by atoms with E-state index in [1.54, 1.807) is 0 Å². The molecule has 1 aromatic carbocycles. The van der Waals surface area contributed by atoms with Gasteiger partial charge in [-0.05, 0) is 59.2 Å². The van der Waals surface area contributed by atoms with E-state index in [4.69, 9.17) is 0 Å². The minimum absolute atomic E-state index is 0.129. The number of hydrogen-bond acceptors (Lipinski definition) is 2. The molecule has 0 unspecified atom stereocenters. The third-order valence-electron chi connectivity index (χ3n) is 3.98. The van der Waals surface area contributed by atoms with E-state index in [1.807, 2.05) is 20.8 Å². The molecular weight excluding hydrogens is 260 g/mol. The van der Waals surface area contributed by atoms with Crippen LogP contribution in [-0.4, -0.2) is 29.4 Å². The summed E-state index contributed by atoms with van der Waals surface area (Å²) in [5.74, 6) is 0.399. The Hall–Kier alpha value is -1.35. The third kappa shape index (κ3) is 5.16. The Kier molecular flexibility index (Phi) is 5.04. The van der Waals surface area contributed by atoms with Gasteiger partial charge in [0.2, 0.25) is 5.91 Å². The summed E-state index contributed by atoms with van der Waals surface area (Å²) in [5.41, 5.74) is 2.53. The van der Waals surface area contributed by atoms with E-state index in [9.17, 15) is 4.79 Å². The van der Waals surface area contributed by atoms with Crippen LogP contribution in [0.1, 0.15) is 44.7 Å². The summed E-state index contributed by atoms with van der Waals surface area (Å²) in [7, 11) is 0. The molecule has 116 valence electrons. The fraction of sp³-hybridized carbons (Fsp3) is 0.611. The van der Waals surface area contributed by atoms with Gasteiger partial charge < -0.3 is 5.32 Å². The van der Waals surface area contributed by atoms with Gasteiger partial charge in [-0.15, -0.1) is 0 Å². The number of piperidine rings is 1. The summed E-state index contributed by atoms with van der Waals surface area (Å²) < 4.78 is 0. The summed E-state index contributed by atoms with van der Waals surface area (Å²) in [6.07, 6.45) is 1.93. The quantitative estimate of drug-likeness (QED) is 0.927. The molecule has 0 aromatic heterocycles. The number of likely N-dealkylation sites (tertiary alicyclic amines) is 1. The number of amides is 1. The highest BCUT2D eigenvalue weighted by atomic mass is 16.2. The van der Waals surface area contributed by atoms with Gasteiger partial charge in [0.25, 0.3) is 0 Å². The minimum Gasteiger partial charge on any atom is -0.351 e. The van der Waals surface area contributed by atoms with Gasteiger partial charge in [-0.2, -0.15) is 0 Å². The van der Waals surface area contributed by atoms with Crippen LogP contribution in [0.25, 0.3) is 0 Å². The van der Waals surface area contributed by atoms with Crippen molar-refractivity contribution in [3.05, 3.63) is 35.4 Å². The summed E-state index contributed by atoms with van der Waals surface area (Å²) in [4.78, 5) is 14.6. The summed E-state index contributed by atoms with van der Waals surface area (Å²) in [6.45, 7) is 11.2. The van der Waals surface area contributed by atoms with Crippen LogP contribution in [0.15, 0.2) is 24.3 Å². The first-order valence-electron chi connectivity index (χ1n) is 7.93. The lowest BCUT2D eigenvalue weighted by atomic mass is 9.94. The number of aryl methyl sites for hydroxylation is 1. The van der Waals surface area contributed by atoms with Gasteiger partial charge in [-0.1, -0.05) is 29.8 Å². The first-order valence-corrected chi connectivity index (χ1v) is 7.93. The van der Waals surface area contributed by atoms with Gasteiger partial charge >= 0.3 is 0 Å².